The minimum absolute atomic E-state index is 0.0789. The van der Waals surface area contributed by atoms with Gasteiger partial charge in [0.15, 0.2) is 0 Å². The number of benzene rings is 2. The van der Waals surface area contributed by atoms with E-state index in [4.69, 9.17) is 4.74 Å². The molecule has 0 radical (unpaired) electrons. The Balaban J connectivity index is 1.62. The summed E-state index contributed by atoms with van der Waals surface area (Å²) in [6.45, 7) is 2.23. The van der Waals surface area contributed by atoms with Crippen LogP contribution in [0.5, 0.6) is 0 Å². The van der Waals surface area contributed by atoms with Crippen molar-refractivity contribution >= 4 is 45.2 Å². The minimum Gasteiger partial charge on any atom is -0.378 e. The van der Waals surface area contributed by atoms with E-state index in [2.05, 4.69) is 21.2 Å². The van der Waals surface area contributed by atoms with Crippen LogP contribution in [0.4, 0.5) is 5.69 Å². The number of ether oxygens (including phenoxy) is 1. The van der Waals surface area contributed by atoms with Gasteiger partial charge in [-0.05, 0) is 36.4 Å². The van der Waals surface area contributed by atoms with Gasteiger partial charge in [-0.3, -0.25) is 9.59 Å². The van der Waals surface area contributed by atoms with Gasteiger partial charge < -0.3 is 15.0 Å². The highest BCUT2D eigenvalue weighted by atomic mass is 79.9. The molecule has 1 aliphatic heterocycles. The van der Waals surface area contributed by atoms with Gasteiger partial charge in [0.2, 0.25) is 5.91 Å². The average molecular weight is 435 g/mol. The number of nitrogens with one attached hydrogen (secondary N) is 1. The second-order valence-electron chi connectivity index (χ2n) is 5.74. The molecule has 5 nitrogen and oxygen atoms in total. The van der Waals surface area contributed by atoms with E-state index in [0.717, 1.165) is 9.37 Å². The highest BCUT2D eigenvalue weighted by Gasteiger charge is 2.21. The molecule has 2 amide bonds. The first-order chi connectivity index (χ1) is 12.6. The van der Waals surface area contributed by atoms with E-state index in [1.807, 2.05) is 30.3 Å². The van der Waals surface area contributed by atoms with Gasteiger partial charge in [-0.2, -0.15) is 0 Å². The van der Waals surface area contributed by atoms with Gasteiger partial charge in [0.25, 0.3) is 5.91 Å². The van der Waals surface area contributed by atoms with Crippen molar-refractivity contribution in [3.8, 4) is 0 Å². The lowest BCUT2D eigenvalue weighted by Crippen LogP contribution is -2.41. The Morgan fingerprint density at radius 2 is 1.77 bits per heavy atom. The van der Waals surface area contributed by atoms with Gasteiger partial charge in [0.1, 0.15) is 0 Å². The Morgan fingerprint density at radius 1 is 1.08 bits per heavy atom. The van der Waals surface area contributed by atoms with E-state index in [1.54, 1.807) is 23.1 Å². The fourth-order valence-electron chi connectivity index (χ4n) is 2.58. The Bertz CT molecular complexity index is 777. The molecule has 0 spiro atoms. The maximum absolute atomic E-state index is 12.7. The minimum atomic E-state index is -0.139. The number of anilines is 1. The molecule has 7 heteroatoms. The van der Waals surface area contributed by atoms with Gasteiger partial charge in [0.05, 0.1) is 30.2 Å². The molecule has 1 heterocycles. The number of morpholine rings is 1. The van der Waals surface area contributed by atoms with Crippen molar-refractivity contribution in [2.75, 3.05) is 37.4 Å². The number of para-hydroxylation sites is 1. The number of carbonyl (C=O) groups excluding carboxylic acids is 2. The summed E-state index contributed by atoms with van der Waals surface area (Å²) >= 11 is 4.85. The molecule has 2 aromatic rings. The molecule has 0 unspecified atom stereocenters. The summed E-state index contributed by atoms with van der Waals surface area (Å²) < 4.78 is 6.29. The molecular weight excluding hydrogens is 416 g/mol. The van der Waals surface area contributed by atoms with Crippen molar-refractivity contribution in [2.45, 2.75) is 4.90 Å². The van der Waals surface area contributed by atoms with Crippen LogP contribution in [-0.4, -0.2) is 48.8 Å². The maximum atomic E-state index is 12.7. The van der Waals surface area contributed by atoms with Crippen LogP contribution in [0.3, 0.4) is 0 Å². The first kappa shape index (κ1) is 18.9. The fourth-order valence-corrected chi connectivity index (χ4v) is 3.54. The SMILES string of the molecule is O=C(CSc1ccc(Br)cc1)Nc1ccccc1C(=O)N1CCOCC1. The largest absolute Gasteiger partial charge is 0.378 e. The van der Waals surface area contributed by atoms with Crippen LogP contribution < -0.4 is 5.32 Å². The van der Waals surface area contributed by atoms with E-state index in [9.17, 15) is 9.59 Å². The lowest BCUT2D eigenvalue weighted by atomic mass is 10.1. The lowest BCUT2D eigenvalue weighted by Gasteiger charge is -2.27. The number of thioether (sulfide) groups is 1. The van der Waals surface area contributed by atoms with Crippen LogP contribution >= 0.6 is 27.7 Å². The zero-order chi connectivity index (χ0) is 18.4. The molecule has 3 rings (SSSR count). The molecule has 1 aliphatic rings. The second kappa shape index (κ2) is 9.21. The second-order valence-corrected chi connectivity index (χ2v) is 7.71. The predicted molar refractivity (Wildman–Crippen MR) is 107 cm³/mol. The lowest BCUT2D eigenvalue weighted by molar-refractivity contribution is -0.113. The van der Waals surface area contributed by atoms with Gasteiger partial charge in [-0.15, -0.1) is 11.8 Å². The number of amides is 2. The van der Waals surface area contributed by atoms with Gasteiger partial charge in [0, 0.05) is 22.5 Å². The van der Waals surface area contributed by atoms with Crippen LogP contribution in [0.25, 0.3) is 0 Å². The average Bonchev–Trinajstić information content (AvgIpc) is 2.68. The molecule has 1 fully saturated rings. The van der Waals surface area contributed by atoms with E-state index in [1.165, 1.54) is 11.8 Å². The molecule has 0 bridgehead atoms. The number of halogens is 1. The summed E-state index contributed by atoms with van der Waals surface area (Å²) in [5, 5.41) is 2.86. The Kier molecular flexibility index (Phi) is 6.71. The van der Waals surface area contributed by atoms with Crippen LogP contribution in [0.1, 0.15) is 10.4 Å². The Hall–Kier alpha value is -1.83. The standard InChI is InChI=1S/C19H19BrN2O3S/c20-14-5-7-15(8-6-14)26-13-18(23)21-17-4-2-1-3-16(17)19(24)22-9-11-25-12-10-22/h1-8H,9-13H2,(H,21,23). The summed E-state index contributed by atoms with van der Waals surface area (Å²) in [7, 11) is 0. The van der Waals surface area contributed by atoms with Gasteiger partial charge >= 0.3 is 0 Å². The monoisotopic (exact) mass is 434 g/mol. The Labute approximate surface area is 165 Å². The molecule has 1 saturated heterocycles. The maximum Gasteiger partial charge on any atom is 0.256 e. The topological polar surface area (TPSA) is 58.6 Å². The summed E-state index contributed by atoms with van der Waals surface area (Å²) in [5.74, 6) is 0.0618. The van der Waals surface area contributed by atoms with Crippen molar-refractivity contribution in [2.24, 2.45) is 0 Å². The third-order valence-electron chi connectivity index (χ3n) is 3.91. The first-order valence-corrected chi connectivity index (χ1v) is 10.1. The molecule has 1 N–H and O–H groups in total. The van der Waals surface area contributed by atoms with Gasteiger partial charge in [-0.25, -0.2) is 0 Å². The highest BCUT2D eigenvalue weighted by molar-refractivity contribution is 9.10. The molecule has 0 aliphatic carbocycles. The molecule has 0 atom stereocenters. The third kappa shape index (κ3) is 5.09. The van der Waals surface area contributed by atoms with Crippen LogP contribution in [0.15, 0.2) is 57.9 Å². The van der Waals surface area contributed by atoms with Crippen LogP contribution in [0.2, 0.25) is 0 Å². The molecule has 0 aromatic heterocycles. The summed E-state index contributed by atoms with van der Waals surface area (Å²) in [4.78, 5) is 27.8. The van der Waals surface area contributed by atoms with Crippen LogP contribution in [0, 0.1) is 0 Å². The number of hydrogen-bond acceptors (Lipinski definition) is 4. The van der Waals surface area contributed by atoms with Gasteiger partial charge in [-0.1, -0.05) is 28.1 Å². The quantitative estimate of drug-likeness (QED) is 0.729. The van der Waals surface area contributed by atoms with Crippen molar-refractivity contribution in [3.05, 3.63) is 58.6 Å². The van der Waals surface area contributed by atoms with Crippen molar-refractivity contribution in [1.82, 2.24) is 4.90 Å². The molecule has 26 heavy (non-hydrogen) atoms. The zero-order valence-corrected chi connectivity index (χ0v) is 16.5. The number of hydrogen-bond donors (Lipinski definition) is 1. The van der Waals surface area contributed by atoms with Crippen molar-refractivity contribution in [3.63, 3.8) is 0 Å². The van der Waals surface area contributed by atoms with Crippen molar-refractivity contribution in [1.29, 1.82) is 0 Å². The highest BCUT2D eigenvalue weighted by Crippen LogP contribution is 2.22. The first-order valence-electron chi connectivity index (χ1n) is 8.28. The number of carbonyl (C=O) groups is 2. The summed E-state index contributed by atoms with van der Waals surface area (Å²) in [5.41, 5.74) is 1.06. The fraction of sp³-hybridized carbons (Fsp3) is 0.263. The van der Waals surface area contributed by atoms with Crippen molar-refractivity contribution < 1.29 is 14.3 Å². The number of rotatable bonds is 5. The smallest absolute Gasteiger partial charge is 0.256 e. The molecule has 136 valence electrons. The predicted octanol–water partition coefficient (Wildman–Crippen LogP) is 3.65. The normalized spacial score (nSPS) is 14.1. The zero-order valence-electron chi connectivity index (χ0n) is 14.1. The van der Waals surface area contributed by atoms with E-state index < -0.39 is 0 Å². The molecule has 0 saturated carbocycles. The van der Waals surface area contributed by atoms with E-state index in [-0.39, 0.29) is 17.6 Å². The summed E-state index contributed by atoms with van der Waals surface area (Å²) in [6.07, 6.45) is 0. The van der Waals surface area contributed by atoms with E-state index in [0.29, 0.717) is 37.6 Å². The van der Waals surface area contributed by atoms with E-state index >= 15 is 0 Å². The third-order valence-corrected chi connectivity index (χ3v) is 5.45. The number of nitrogens with zero attached hydrogens (tertiary/aromatic N) is 1. The Morgan fingerprint density at radius 3 is 2.50 bits per heavy atom. The summed E-state index contributed by atoms with van der Waals surface area (Å²) in [6, 6.07) is 14.9. The molecule has 2 aromatic carbocycles. The van der Waals surface area contributed by atoms with Crippen LogP contribution in [-0.2, 0) is 9.53 Å². The molecular formula is C19H19BrN2O3S.